The molecule has 7 heteroatoms. The smallest absolute Gasteiger partial charge is 0.322 e. The van der Waals surface area contributed by atoms with Crippen molar-refractivity contribution in [2.24, 2.45) is 23.7 Å². The highest BCUT2D eigenvalue weighted by Gasteiger charge is 2.47. The molecule has 1 heterocycles. The summed E-state index contributed by atoms with van der Waals surface area (Å²) < 4.78 is 18.9. The highest BCUT2D eigenvalue weighted by atomic mass is 32.2. The third kappa shape index (κ3) is 7.07. The van der Waals surface area contributed by atoms with Crippen LogP contribution in [0.5, 0.6) is 0 Å². The van der Waals surface area contributed by atoms with Gasteiger partial charge in [0, 0.05) is 12.3 Å². The third-order valence-electron chi connectivity index (χ3n) is 10.5. The number of rotatable bonds is 8. The normalized spacial score (nSPS) is 36.8. The summed E-state index contributed by atoms with van der Waals surface area (Å²) in [4.78, 5) is 13.6. The van der Waals surface area contributed by atoms with Crippen molar-refractivity contribution in [3.8, 4) is 0 Å². The van der Waals surface area contributed by atoms with Gasteiger partial charge in [-0.3, -0.25) is 4.79 Å². The minimum atomic E-state index is -1.93. The maximum absolute atomic E-state index is 13.6. The Bertz CT molecular complexity index is 918. The number of carbonyl (C=O) groups excluding carboxylic acids is 1. The molecule has 0 spiro atoms. The first kappa shape index (κ1) is 31.3. The van der Waals surface area contributed by atoms with Crippen LogP contribution >= 0.6 is 11.8 Å². The van der Waals surface area contributed by atoms with Gasteiger partial charge in [-0.15, -0.1) is 11.8 Å². The predicted octanol–water partition coefficient (Wildman–Crippen LogP) is 7.65. The molecule has 1 saturated heterocycles. The number of allylic oxidation sites excluding steroid dienone is 3. The SMILES string of the molecule is CSC1(C(=O)O[C@H]2C[C@@H](C)C=C3C=C[C@H](C)[C@H](CC[C@@H]4C[C@@H](O[Si](C)(C)C(C)(C)C)CC(O)O4)[C@H]32)CCCC1. The molecule has 0 aromatic carbocycles. The van der Waals surface area contributed by atoms with E-state index in [4.69, 9.17) is 13.9 Å². The van der Waals surface area contributed by atoms with Crippen molar-refractivity contribution in [1.29, 1.82) is 0 Å². The number of hydrogen-bond acceptors (Lipinski definition) is 6. The van der Waals surface area contributed by atoms with Crippen LogP contribution in [0.2, 0.25) is 18.1 Å². The molecule has 1 aliphatic heterocycles. The minimum Gasteiger partial charge on any atom is -0.461 e. The Morgan fingerprint density at radius 2 is 1.85 bits per heavy atom. The lowest BCUT2D eigenvalue weighted by Gasteiger charge is -2.45. The molecular weight excluding hydrogens is 525 g/mol. The second-order valence-electron chi connectivity index (χ2n) is 14.4. The number of thioether (sulfide) groups is 1. The Labute approximate surface area is 243 Å². The Morgan fingerprint density at radius 1 is 1.15 bits per heavy atom. The van der Waals surface area contributed by atoms with Gasteiger partial charge < -0.3 is 19.0 Å². The lowest BCUT2D eigenvalue weighted by molar-refractivity contribution is -0.189. The van der Waals surface area contributed by atoms with Crippen molar-refractivity contribution in [2.75, 3.05) is 6.26 Å². The second kappa shape index (κ2) is 12.3. The van der Waals surface area contributed by atoms with Gasteiger partial charge >= 0.3 is 5.97 Å². The molecular formula is C32H54O5SSi. The Balaban J connectivity index is 1.46. The van der Waals surface area contributed by atoms with E-state index in [-0.39, 0.29) is 40.0 Å². The molecule has 1 unspecified atom stereocenters. The molecule has 1 saturated carbocycles. The fourth-order valence-electron chi connectivity index (χ4n) is 7.11. The number of carbonyl (C=O) groups is 1. The zero-order chi connectivity index (χ0) is 28.6. The molecule has 39 heavy (non-hydrogen) atoms. The van der Waals surface area contributed by atoms with Gasteiger partial charge in [0.05, 0.1) is 12.2 Å². The number of hydrogen-bond donors (Lipinski definition) is 1. The van der Waals surface area contributed by atoms with Crippen LogP contribution in [0, 0.1) is 23.7 Å². The fourth-order valence-corrected chi connectivity index (χ4v) is 9.40. The first-order valence-corrected chi connectivity index (χ1v) is 19.6. The van der Waals surface area contributed by atoms with Crippen molar-refractivity contribution in [3.63, 3.8) is 0 Å². The van der Waals surface area contributed by atoms with E-state index in [1.807, 2.05) is 0 Å². The van der Waals surface area contributed by atoms with Crippen molar-refractivity contribution < 1.29 is 23.8 Å². The Morgan fingerprint density at radius 3 is 2.49 bits per heavy atom. The highest BCUT2D eigenvalue weighted by Crippen LogP contribution is 2.48. The monoisotopic (exact) mass is 578 g/mol. The van der Waals surface area contributed by atoms with E-state index in [9.17, 15) is 9.90 Å². The fraction of sp³-hybridized carbons (Fsp3) is 0.844. The predicted molar refractivity (Wildman–Crippen MR) is 163 cm³/mol. The first-order chi connectivity index (χ1) is 18.2. The molecule has 4 aliphatic rings. The zero-order valence-corrected chi connectivity index (χ0v) is 27.5. The Hall–Kier alpha value is -0.603. The summed E-state index contributed by atoms with van der Waals surface area (Å²) in [5.41, 5.74) is 1.34. The number of aliphatic hydroxyl groups excluding tert-OH is 1. The molecule has 0 bridgehead atoms. The summed E-state index contributed by atoms with van der Waals surface area (Å²) in [6, 6.07) is 0. The largest absolute Gasteiger partial charge is 0.461 e. The number of aliphatic hydroxyl groups is 1. The molecule has 8 atom stereocenters. The van der Waals surface area contributed by atoms with E-state index in [2.05, 4.69) is 72.2 Å². The number of esters is 1. The molecule has 1 N–H and O–H groups in total. The van der Waals surface area contributed by atoms with Crippen LogP contribution in [0.1, 0.15) is 92.4 Å². The maximum Gasteiger partial charge on any atom is 0.322 e. The van der Waals surface area contributed by atoms with Gasteiger partial charge in [-0.1, -0.05) is 65.7 Å². The van der Waals surface area contributed by atoms with Gasteiger partial charge in [0.2, 0.25) is 0 Å². The van der Waals surface area contributed by atoms with E-state index < -0.39 is 14.6 Å². The molecule has 2 fully saturated rings. The summed E-state index contributed by atoms with van der Waals surface area (Å²) in [7, 11) is -1.93. The zero-order valence-electron chi connectivity index (χ0n) is 25.7. The standard InChI is InChI=1S/C32H54O5SSi/c1-21-17-23-12-11-22(2)26(29(23)27(18-21)36-30(34)32(38-6)15-9-10-16-32)14-13-24-19-25(20-28(33)35-24)37-39(7,8)31(3,4)5/h11-12,17,21-22,24-29,33H,9-10,13-16,18-20H2,1-8H3/t21-,22-,24+,25+,26-,27-,28?,29-/m0/s1. The molecule has 0 aromatic rings. The van der Waals surface area contributed by atoms with Crippen molar-refractivity contribution in [2.45, 2.75) is 140 Å². The average molecular weight is 579 g/mol. The quantitative estimate of drug-likeness (QED) is 0.236. The van der Waals surface area contributed by atoms with Gasteiger partial charge in [-0.25, -0.2) is 0 Å². The molecule has 3 aliphatic carbocycles. The topological polar surface area (TPSA) is 65.0 Å². The molecule has 5 nitrogen and oxygen atoms in total. The molecule has 4 rings (SSSR count). The van der Waals surface area contributed by atoms with E-state index in [1.165, 1.54) is 5.57 Å². The van der Waals surface area contributed by atoms with Gasteiger partial charge in [-0.2, -0.15) is 0 Å². The van der Waals surface area contributed by atoms with Gasteiger partial charge in [0.25, 0.3) is 0 Å². The number of ether oxygens (including phenoxy) is 2. The highest BCUT2D eigenvalue weighted by molar-refractivity contribution is 8.00. The summed E-state index contributed by atoms with van der Waals surface area (Å²) in [6.07, 6.45) is 16.5. The summed E-state index contributed by atoms with van der Waals surface area (Å²) in [5, 5.41) is 10.7. The molecule has 0 amide bonds. The summed E-state index contributed by atoms with van der Waals surface area (Å²) >= 11 is 1.69. The Kier molecular flexibility index (Phi) is 9.90. The van der Waals surface area contributed by atoms with E-state index in [0.717, 1.165) is 51.4 Å². The minimum absolute atomic E-state index is 0.0104. The van der Waals surface area contributed by atoms with Gasteiger partial charge in [0.15, 0.2) is 14.6 Å². The van der Waals surface area contributed by atoms with Gasteiger partial charge in [-0.05, 0) is 86.2 Å². The van der Waals surface area contributed by atoms with Gasteiger partial charge in [0.1, 0.15) is 10.9 Å². The summed E-state index contributed by atoms with van der Waals surface area (Å²) in [6.45, 7) is 15.9. The van der Waals surface area contributed by atoms with E-state index in [1.54, 1.807) is 11.8 Å². The van der Waals surface area contributed by atoms with Crippen LogP contribution < -0.4 is 0 Å². The molecule has 0 radical (unpaired) electrons. The van der Waals surface area contributed by atoms with Crippen molar-refractivity contribution in [1.82, 2.24) is 0 Å². The van der Waals surface area contributed by atoms with Crippen molar-refractivity contribution in [3.05, 3.63) is 23.8 Å². The van der Waals surface area contributed by atoms with Crippen LogP contribution in [0.15, 0.2) is 23.8 Å². The first-order valence-electron chi connectivity index (χ1n) is 15.4. The van der Waals surface area contributed by atoms with E-state index >= 15 is 0 Å². The van der Waals surface area contributed by atoms with E-state index in [0.29, 0.717) is 24.2 Å². The lowest BCUT2D eigenvalue weighted by Crippen LogP contribution is -2.48. The second-order valence-corrected chi connectivity index (χ2v) is 20.3. The van der Waals surface area contributed by atoms with Crippen LogP contribution in [0.3, 0.4) is 0 Å². The number of fused-ring (bicyclic) bond motifs is 1. The molecule has 222 valence electrons. The van der Waals surface area contributed by atoms with Crippen LogP contribution in [-0.4, -0.2) is 55.0 Å². The third-order valence-corrected chi connectivity index (χ3v) is 16.3. The van der Waals surface area contributed by atoms with Crippen molar-refractivity contribution >= 4 is 26.0 Å². The lowest BCUT2D eigenvalue weighted by atomic mass is 9.65. The van der Waals surface area contributed by atoms with Crippen LogP contribution in [0.25, 0.3) is 0 Å². The average Bonchev–Trinajstić information content (AvgIpc) is 3.33. The maximum atomic E-state index is 13.6. The van der Waals surface area contributed by atoms with Crippen LogP contribution in [0.4, 0.5) is 0 Å². The summed E-state index contributed by atoms with van der Waals surface area (Å²) in [5.74, 6) is 1.40. The van der Waals surface area contributed by atoms with Crippen LogP contribution in [-0.2, 0) is 18.7 Å². The molecule has 0 aromatic heterocycles.